The van der Waals surface area contributed by atoms with Crippen LogP contribution in [-0.2, 0) is 11.2 Å². The lowest BCUT2D eigenvalue weighted by molar-refractivity contribution is -0.118. The van der Waals surface area contributed by atoms with Gasteiger partial charge in [-0.15, -0.1) is 0 Å². The van der Waals surface area contributed by atoms with Crippen molar-refractivity contribution in [1.29, 1.82) is 0 Å². The minimum absolute atomic E-state index is 0.254. The Labute approximate surface area is 166 Å². The quantitative estimate of drug-likeness (QED) is 0.397. The first-order valence-corrected chi connectivity index (χ1v) is 10.2. The maximum absolute atomic E-state index is 12.1. The van der Waals surface area contributed by atoms with Crippen LogP contribution in [0.5, 0.6) is 0 Å². The highest BCUT2D eigenvalue weighted by Crippen LogP contribution is 2.47. The zero-order chi connectivity index (χ0) is 19.1. The summed E-state index contributed by atoms with van der Waals surface area (Å²) >= 11 is 0. The molecule has 1 heteroatoms. The van der Waals surface area contributed by atoms with E-state index in [1.165, 1.54) is 38.2 Å². The van der Waals surface area contributed by atoms with E-state index in [0.29, 0.717) is 18.1 Å². The zero-order valence-corrected chi connectivity index (χ0v) is 16.2. The van der Waals surface area contributed by atoms with Crippen molar-refractivity contribution in [2.75, 3.05) is 0 Å². The molecule has 0 unspecified atom stereocenters. The van der Waals surface area contributed by atoms with Crippen LogP contribution in [0.25, 0.3) is 21.5 Å². The SMILES string of the molecule is CC(=O)C[C@@H]1CCc2ccc3ccccc3c2[C@@H]1c1cccc2ccccc12. The van der Waals surface area contributed by atoms with Gasteiger partial charge in [0.05, 0.1) is 0 Å². The number of carbonyl (C=O) groups is 1. The highest BCUT2D eigenvalue weighted by molar-refractivity contribution is 5.91. The average molecular weight is 364 g/mol. The summed E-state index contributed by atoms with van der Waals surface area (Å²) in [4.78, 5) is 12.1. The Morgan fingerprint density at radius 2 is 1.50 bits per heavy atom. The van der Waals surface area contributed by atoms with E-state index in [4.69, 9.17) is 0 Å². The van der Waals surface area contributed by atoms with E-state index in [2.05, 4.69) is 78.9 Å². The fourth-order valence-corrected chi connectivity index (χ4v) is 5.19. The van der Waals surface area contributed by atoms with Crippen molar-refractivity contribution < 1.29 is 4.79 Å². The molecule has 0 saturated heterocycles. The van der Waals surface area contributed by atoms with Crippen LogP contribution in [0.15, 0.2) is 78.9 Å². The first-order chi connectivity index (χ1) is 13.7. The number of fused-ring (bicyclic) bond motifs is 4. The fourth-order valence-electron chi connectivity index (χ4n) is 5.19. The monoisotopic (exact) mass is 364 g/mol. The van der Waals surface area contributed by atoms with Crippen molar-refractivity contribution in [3.05, 3.63) is 95.6 Å². The molecule has 0 N–H and O–H groups in total. The van der Waals surface area contributed by atoms with E-state index in [0.717, 1.165) is 12.8 Å². The molecule has 0 bridgehead atoms. The van der Waals surface area contributed by atoms with Crippen molar-refractivity contribution in [3.8, 4) is 0 Å². The smallest absolute Gasteiger partial charge is 0.130 e. The Kier molecular flexibility index (Phi) is 4.24. The van der Waals surface area contributed by atoms with Crippen molar-refractivity contribution in [3.63, 3.8) is 0 Å². The summed E-state index contributed by atoms with van der Waals surface area (Å²) in [5.41, 5.74) is 4.24. The summed E-state index contributed by atoms with van der Waals surface area (Å²) in [5.74, 6) is 0.894. The van der Waals surface area contributed by atoms with E-state index in [1.807, 2.05) is 0 Å². The Balaban J connectivity index is 1.82. The molecule has 0 aromatic heterocycles. The molecule has 0 amide bonds. The Morgan fingerprint density at radius 3 is 2.29 bits per heavy atom. The molecular weight excluding hydrogens is 340 g/mol. The lowest BCUT2D eigenvalue weighted by Gasteiger charge is -2.35. The molecule has 0 fully saturated rings. The number of carbonyl (C=O) groups excluding carboxylic acids is 1. The molecule has 0 saturated carbocycles. The van der Waals surface area contributed by atoms with Crippen molar-refractivity contribution in [2.24, 2.45) is 5.92 Å². The molecule has 0 heterocycles. The minimum atomic E-state index is 0.254. The van der Waals surface area contributed by atoms with Crippen LogP contribution < -0.4 is 0 Å². The lowest BCUT2D eigenvalue weighted by atomic mass is 9.68. The van der Waals surface area contributed by atoms with Crippen LogP contribution in [0, 0.1) is 5.92 Å². The van der Waals surface area contributed by atoms with Gasteiger partial charge in [-0.1, -0.05) is 78.9 Å². The van der Waals surface area contributed by atoms with E-state index in [9.17, 15) is 4.79 Å². The number of aryl methyl sites for hydroxylation is 1. The summed E-state index contributed by atoms with van der Waals surface area (Å²) in [6.07, 6.45) is 2.77. The highest BCUT2D eigenvalue weighted by Gasteiger charge is 2.33. The molecule has 1 nitrogen and oxygen atoms in total. The first kappa shape index (κ1) is 17.2. The van der Waals surface area contributed by atoms with Crippen LogP contribution in [0.2, 0.25) is 0 Å². The van der Waals surface area contributed by atoms with E-state index in [-0.39, 0.29) is 5.92 Å². The lowest BCUT2D eigenvalue weighted by Crippen LogP contribution is -2.24. The zero-order valence-electron chi connectivity index (χ0n) is 16.2. The second-order valence-electron chi connectivity index (χ2n) is 8.11. The van der Waals surface area contributed by atoms with Crippen LogP contribution in [-0.4, -0.2) is 5.78 Å². The first-order valence-electron chi connectivity index (χ1n) is 10.2. The van der Waals surface area contributed by atoms with Gasteiger partial charge in [0.1, 0.15) is 5.78 Å². The highest BCUT2D eigenvalue weighted by atomic mass is 16.1. The van der Waals surface area contributed by atoms with E-state index >= 15 is 0 Å². The third-order valence-corrected chi connectivity index (χ3v) is 6.34. The molecule has 5 rings (SSSR count). The largest absolute Gasteiger partial charge is 0.300 e. The number of Topliss-reactive ketones (excluding diaryl/α,β-unsaturated/α-hetero) is 1. The average Bonchev–Trinajstić information content (AvgIpc) is 2.73. The van der Waals surface area contributed by atoms with Gasteiger partial charge in [0.25, 0.3) is 0 Å². The topological polar surface area (TPSA) is 17.1 Å². The Morgan fingerprint density at radius 1 is 0.821 bits per heavy atom. The Hall–Kier alpha value is -2.93. The predicted octanol–water partition coefficient (Wildman–Crippen LogP) is 6.67. The fraction of sp³-hybridized carbons (Fsp3) is 0.222. The molecule has 4 aromatic rings. The Bertz CT molecular complexity index is 1180. The van der Waals surface area contributed by atoms with Crippen molar-refractivity contribution in [1.82, 2.24) is 0 Å². The maximum atomic E-state index is 12.1. The summed E-state index contributed by atoms with van der Waals surface area (Å²) in [6.45, 7) is 1.73. The third-order valence-electron chi connectivity index (χ3n) is 6.34. The van der Waals surface area contributed by atoms with Crippen molar-refractivity contribution in [2.45, 2.75) is 32.1 Å². The number of hydrogen-bond acceptors (Lipinski definition) is 1. The van der Waals surface area contributed by atoms with Crippen molar-refractivity contribution >= 4 is 27.3 Å². The van der Waals surface area contributed by atoms with E-state index < -0.39 is 0 Å². The third kappa shape index (κ3) is 2.82. The molecule has 28 heavy (non-hydrogen) atoms. The number of benzene rings is 4. The molecule has 4 aromatic carbocycles. The van der Waals surface area contributed by atoms with Gasteiger partial charge in [-0.25, -0.2) is 0 Å². The molecule has 0 aliphatic heterocycles. The number of hydrogen-bond donors (Lipinski definition) is 0. The summed E-state index contributed by atoms with van der Waals surface area (Å²) in [5, 5.41) is 5.21. The summed E-state index contributed by atoms with van der Waals surface area (Å²) < 4.78 is 0. The summed E-state index contributed by atoms with van der Waals surface area (Å²) in [7, 11) is 0. The van der Waals surface area contributed by atoms with Crippen LogP contribution >= 0.6 is 0 Å². The molecule has 1 aliphatic rings. The summed E-state index contributed by atoms with van der Waals surface area (Å²) in [6, 6.07) is 28.5. The van der Waals surface area contributed by atoms with Crippen LogP contribution in [0.1, 0.15) is 42.4 Å². The number of ketones is 1. The van der Waals surface area contributed by atoms with Crippen LogP contribution in [0.4, 0.5) is 0 Å². The van der Waals surface area contributed by atoms with Gasteiger partial charge >= 0.3 is 0 Å². The van der Waals surface area contributed by atoms with E-state index in [1.54, 1.807) is 6.92 Å². The van der Waals surface area contributed by atoms with Gasteiger partial charge in [-0.05, 0) is 63.9 Å². The standard InChI is InChI=1S/C27H24O/c1-18(28)17-22-16-15-21-14-13-20-8-3-5-11-24(20)26(21)27(22)25-12-6-9-19-7-2-4-10-23(19)25/h2-14,22,27H,15-17H2,1H3/t22-,27-/m0/s1. The molecule has 2 atom stereocenters. The van der Waals surface area contributed by atoms with Gasteiger partial charge in [-0.2, -0.15) is 0 Å². The van der Waals surface area contributed by atoms with Gasteiger partial charge in [0, 0.05) is 12.3 Å². The van der Waals surface area contributed by atoms with Gasteiger partial charge in [0.15, 0.2) is 0 Å². The molecule has 0 radical (unpaired) electrons. The predicted molar refractivity (Wildman–Crippen MR) is 117 cm³/mol. The minimum Gasteiger partial charge on any atom is -0.300 e. The normalized spacial score (nSPS) is 18.9. The van der Waals surface area contributed by atoms with Crippen LogP contribution in [0.3, 0.4) is 0 Å². The van der Waals surface area contributed by atoms with Gasteiger partial charge < -0.3 is 4.79 Å². The molecule has 1 aliphatic carbocycles. The number of rotatable bonds is 3. The van der Waals surface area contributed by atoms with Gasteiger partial charge in [-0.3, -0.25) is 0 Å². The molecular formula is C27H24O. The molecule has 138 valence electrons. The molecule has 0 spiro atoms. The maximum Gasteiger partial charge on any atom is 0.130 e. The second kappa shape index (κ2) is 6.91. The second-order valence-corrected chi connectivity index (χ2v) is 8.11. The van der Waals surface area contributed by atoms with Gasteiger partial charge in [0.2, 0.25) is 0 Å².